The summed E-state index contributed by atoms with van der Waals surface area (Å²) in [5.41, 5.74) is -3.78. The van der Waals surface area contributed by atoms with Crippen molar-refractivity contribution in [2.75, 3.05) is 12.0 Å². The Labute approximate surface area is 167 Å². The van der Waals surface area contributed by atoms with Crippen LogP contribution in [0.1, 0.15) is 6.92 Å². The van der Waals surface area contributed by atoms with Crippen LogP contribution in [-0.2, 0) is 14.3 Å². The number of benzene rings is 2. The van der Waals surface area contributed by atoms with Crippen LogP contribution in [0.5, 0.6) is 5.75 Å². The number of hydrogen-bond acceptors (Lipinski definition) is 4. The number of carbonyl (C=O) groups excluding carboxylic acids is 2. The Kier molecular flexibility index (Phi) is 5.32. The first-order valence-corrected chi connectivity index (χ1v) is 8.17. The molecule has 1 aliphatic heterocycles. The Morgan fingerprint density at radius 1 is 1.00 bits per heavy atom. The fraction of sp³-hybridized carbons (Fsp3) is 0.222. The Balaban J connectivity index is 2.33. The Bertz CT molecular complexity index is 1090. The summed E-state index contributed by atoms with van der Waals surface area (Å²) in [4.78, 5) is 24.0. The van der Waals surface area contributed by atoms with Crippen LogP contribution < -0.4 is 9.64 Å². The lowest BCUT2D eigenvalue weighted by Crippen LogP contribution is -2.56. The predicted octanol–water partition coefficient (Wildman–Crippen LogP) is 4.07. The van der Waals surface area contributed by atoms with E-state index < -0.39 is 81.5 Å². The summed E-state index contributed by atoms with van der Waals surface area (Å²) in [6.07, 6.45) is -4.56. The molecule has 1 atom stereocenters. The summed E-state index contributed by atoms with van der Waals surface area (Å²) in [6.45, 7) is 0.941. The van der Waals surface area contributed by atoms with Gasteiger partial charge in [0.25, 0.3) is 0 Å². The monoisotopic (exact) mass is 455 g/mol. The minimum Gasteiger partial charge on any atom is -0.467 e. The van der Waals surface area contributed by atoms with E-state index in [0.717, 1.165) is 14.0 Å². The summed E-state index contributed by atoms with van der Waals surface area (Å²) in [5.74, 6) is -18.2. The molecule has 0 spiro atoms. The number of nitrogens with zero attached hydrogens (tertiary/aromatic N) is 1. The van der Waals surface area contributed by atoms with Crippen LogP contribution in [0.3, 0.4) is 0 Å². The number of halogens is 8. The van der Waals surface area contributed by atoms with Gasteiger partial charge in [0, 0.05) is 11.6 Å². The van der Waals surface area contributed by atoms with Gasteiger partial charge in [-0.05, 0) is 13.0 Å². The van der Waals surface area contributed by atoms with E-state index in [0.29, 0.717) is 6.07 Å². The number of hydrogen-bond donors (Lipinski definition) is 0. The van der Waals surface area contributed by atoms with E-state index in [9.17, 15) is 44.7 Å². The quantitative estimate of drug-likeness (QED) is 0.303. The van der Waals surface area contributed by atoms with Gasteiger partial charge in [0.2, 0.25) is 5.82 Å². The molecule has 0 radical (unpaired) electrons. The van der Waals surface area contributed by atoms with Crippen LogP contribution in [0.4, 0.5) is 40.8 Å². The summed E-state index contributed by atoms with van der Waals surface area (Å²) >= 11 is 0. The molecule has 0 saturated carbocycles. The number of amides is 1. The molecule has 5 nitrogen and oxygen atoms in total. The van der Waals surface area contributed by atoms with Crippen LogP contribution in [0.15, 0.2) is 12.1 Å². The van der Waals surface area contributed by atoms with Crippen molar-refractivity contribution in [2.24, 2.45) is 0 Å². The van der Waals surface area contributed by atoms with Crippen LogP contribution in [0, 0.1) is 34.9 Å². The number of alkyl halides is 2. The number of rotatable bonds is 3. The zero-order chi connectivity index (χ0) is 23.4. The van der Waals surface area contributed by atoms with Crippen molar-refractivity contribution in [3.63, 3.8) is 0 Å². The molecule has 1 heterocycles. The topological polar surface area (TPSA) is 55.8 Å². The van der Waals surface area contributed by atoms with Gasteiger partial charge in [0.1, 0.15) is 11.9 Å². The maximum atomic E-state index is 14.5. The van der Waals surface area contributed by atoms with E-state index in [4.69, 9.17) is 0 Å². The molecule has 0 saturated heterocycles. The van der Waals surface area contributed by atoms with Crippen molar-refractivity contribution in [1.29, 1.82) is 0 Å². The highest BCUT2D eigenvalue weighted by atomic mass is 19.3. The first-order valence-electron chi connectivity index (χ1n) is 8.17. The average molecular weight is 455 g/mol. The fourth-order valence-electron chi connectivity index (χ4n) is 2.94. The summed E-state index contributed by atoms with van der Waals surface area (Å²) in [6, 6.07) is -1.27. The normalized spacial score (nSPS) is 15.9. The third-order valence-electron chi connectivity index (χ3n) is 4.42. The second-order valence-electron chi connectivity index (χ2n) is 6.24. The number of ether oxygens (including phenoxy) is 2. The second kappa shape index (κ2) is 7.39. The molecule has 0 unspecified atom stereocenters. The van der Waals surface area contributed by atoms with Crippen LogP contribution in [0.25, 0.3) is 11.1 Å². The van der Waals surface area contributed by atoms with Gasteiger partial charge in [0.15, 0.2) is 29.0 Å². The zero-order valence-corrected chi connectivity index (χ0v) is 15.3. The molecule has 1 aliphatic rings. The van der Waals surface area contributed by atoms with Crippen LogP contribution in [0.2, 0.25) is 0 Å². The van der Waals surface area contributed by atoms with Crippen molar-refractivity contribution in [2.45, 2.75) is 19.1 Å². The van der Waals surface area contributed by atoms with Gasteiger partial charge in [-0.3, -0.25) is 9.69 Å². The maximum Gasteiger partial charge on any atom is 0.483 e. The highest BCUT2D eigenvalue weighted by Crippen LogP contribution is 2.45. The zero-order valence-electron chi connectivity index (χ0n) is 15.3. The standard InChI is InChI=1S/C18H9F8NO4/c1-5(16(28)30-2)27-8-3-6(7(19)4-9(8)31-18(25,26)17(27)29)10-11(20)13(22)15(24)14(23)12(10)21/h3-5H,1-2H3/t5-/m0/s1. The third kappa shape index (κ3) is 3.33. The molecule has 0 fully saturated rings. The SMILES string of the molecule is COC(=O)[C@H](C)N1C(=O)C(F)(F)Oc2cc(F)c(-c3c(F)c(F)c(F)c(F)c3F)cc21. The summed E-state index contributed by atoms with van der Waals surface area (Å²) in [7, 11) is 0.869. The Morgan fingerprint density at radius 3 is 2.03 bits per heavy atom. The van der Waals surface area contributed by atoms with E-state index in [1.165, 1.54) is 0 Å². The summed E-state index contributed by atoms with van der Waals surface area (Å²) in [5, 5.41) is 0. The molecule has 2 aromatic carbocycles. The molecular weight excluding hydrogens is 446 g/mol. The number of methoxy groups -OCH3 is 1. The van der Waals surface area contributed by atoms with Crippen molar-refractivity contribution in [1.82, 2.24) is 0 Å². The lowest BCUT2D eigenvalue weighted by Gasteiger charge is -2.36. The Hall–Kier alpha value is -3.38. The molecule has 13 heteroatoms. The Morgan fingerprint density at radius 2 is 1.52 bits per heavy atom. The second-order valence-corrected chi connectivity index (χ2v) is 6.24. The number of esters is 1. The van der Waals surface area contributed by atoms with E-state index in [1.54, 1.807) is 0 Å². The molecule has 0 aliphatic carbocycles. The number of carbonyl (C=O) groups is 2. The maximum absolute atomic E-state index is 14.5. The van der Waals surface area contributed by atoms with Crippen molar-refractivity contribution in [3.05, 3.63) is 47.0 Å². The molecule has 0 bridgehead atoms. The largest absolute Gasteiger partial charge is 0.483 e. The molecule has 166 valence electrons. The van der Waals surface area contributed by atoms with Crippen molar-refractivity contribution in [3.8, 4) is 16.9 Å². The van der Waals surface area contributed by atoms with Crippen LogP contribution >= 0.6 is 0 Å². The van der Waals surface area contributed by atoms with Gasteiger partial charge in [-0.1, -0.05) is 0 Å². The minimum absolute atomic E-state index is 0.0969. The summed E-state index contributed by atoms with van der Waals surface area (Å²) < 4.78 is 120. The molecule has 2 aromatic rings. The van der Waals surface area contributed by atoms with Crippen molar-refractivity contribution < 1.29 is 54.2 Å². The van der Waals surface area contributed by atoms with Gasteiger partial charge in [0.05, 0.1) is 18.4 Å². The average Bonchev–Trinajstić information content (AvgIpc) is 2.71. The lowest BCUT2D eigenvalue weighted by atomic mass is 10.00. The van der Waals surface area contributed by atoms with Crippen molar-refractivity contribution >= 4 is 17.6 Å². The van der Waals surface area contributed by atoms with Gasteiger partial charge in [-0.2, -0.15) is 8.78 Å². The third-order valence-corrected chi connectivity index (χ3v) is 4.42. The van der Waals surface area contributed by atoms with Crippen LogP contribution in [-0.4, -0.2) is 31.1 Å². The molecule has 3 rings (SSSR count). The van der Waals surface area contributed by atoms with Gasteiger partial charge in [-0.25, -0.2) is 31.1 Å². The predicted molar refractivity (Wildman–Crippen MR) is 86.2 cm³/mol. The highest BCUT2D eigenvalue weighted by molar-refractivity contribution is 6.05. The minimum atomic E-state index is -4.56. The van der Waals surface area contributed by atoms with E-state index in [-0.39, 0.29) is 11.0 Å². The van der Waals surface area contributed by atoms with Gasteiger partial charge in [-0.15, -0.1) is 0 Å². The molecule has 1 amide bonds. The fourth-order valence-corrected chi connectivity index (χ4v) is 2.94. The first-order chi connectivity index (χ1) is 14.3. The molecule has 31 heavy (non-hydrogen) atoms. The smallest absolute Gasteiger partial charge is 0.467 e. The lowest BCUT2D eigenvalue weighted by molar-refractivity contribution is -0.193. The van der Waals surface area contributed by atoms with E-state index in [2.05, 4.69) is 9.47 Å². The molecule has 0 aromatic heterocycles. The van der Waals surface area contributed by atoms with Gasteiger partial charge < -0.3 is 9.47 Å². The first kappa shape index (κ1) is 22.3. The molecular formula is C18H9F8NO4. The number of anilines is 1. The molecule has 0 N–H and O–H groups in total. The van der Waals surface area contributed by atoms with Gasteiger partial charge >= 0.3 is 18.0 Å². The highest BCUT2D eigenvalue weighted by Gasteiger charge is 2.53. The number of fused-ring (bicyclic) bond motifs is 1. The van der Waals surface area contributed by atoms with E-state index in [1.807, 2.05) is 0 Å². The van der Waals surface area contributed by atoms with E-state index >= 15 is 0 Å².